The summed E-state index contributed by atoms with van der Waals surface area (Å²) in [6, 6.07) is 6.09. The molecule has 1 aliphatic rings. The average molecular weight is 332 g/mol. The molecule has 1 atom stereocenters. The lowest BCUT2D eigenvalue weighted by molar-refractivity contribution is 0.0415. The summed E-state index contributed by atoms with van der Waals surface area (Å²) in [5.74, 6) is -0.451. The quantitative estimate of drug-likeness (QED) is 0.766. The monoisotopic (exact) mass is 332 g/mol. The SMILES string of the molecule is O=C(NCCCOC1CCOC1)c1c[nH]cc1-c1ccc(F)cc1. The Bertz CT molecular complexity index is 663. The molecule has 6 heteroatoms. The van der Waals surface area contributed by atoms with E-state index in [9.17, 15) is 9.18 Å². The van der Waals surface area contributed by atoms with E-state index < -0.39 is 0 Å². The molecule has 0 spiro atoms. The topological polar surface area (TPSA) is 63.4 Å². The molecule has 2 N–H and O–H groups in total. The van der Waals surface area contributed by atoms with Crippen LogP contribution in [0.25, 0.3) is 11.1 Å². The van der Waals surface area contributed by atoms with Crippen molar-refractivity contribution in [2.45, 2.75) is 18.9 Å². The summed E-state index contributed by atoms with van der Waals surface area (Å²) in [4.78, 5) is 15.3. The van der Waals surface area contributed by atoms with Crippen molar-refractivity contribution in [2.24, 2.45) is 0 Å². The number of aromatic nitrogens is 1. The van der Waals surface area contributed by atoms with Crippen LogP contribution in [0.5, 0.6) is 0 Å². The van der Waals surface area contributed by atoms with Crippen molar-refractivity contribution in [1.82, 2.24) is 10.3 Å². The number of halogens is 1. The summed E-state index contributed by atoms with van der Waals surface area (Å²) in [5, 5.41) is 2.89. The highest BCUT2D eigenvalue weighted by atomic mass is 19.1. The van der Waals surface area contributed by atoms with Gasteiger partial charge in [0.25, 0.3) is 5.91 Å². The van der Waals surface area contributed by atoms with E-state index in [2.05, 4.69) is 10.3 Å². The maximum Gasteiger partial charge on any atom is 0.253 e. The lowest BCUT2D eigenvalue weighted by atomic mass is 10.0. The van der Waals surface area contributed by atoms with Gasteiger partial charge >= 0.3 is 0 Å². The third kappa shape index (κ3) is 4.21. The van der Waals surface area contributed by atoms with Gasteiger partial charge in [-0.1, -0.05) is 12.1 Å². The van der Waals surface area contributed by atoms with E-state index in [1.807, 2.05) is 0 Å². The number of hydrogen-bond donors (Lipinski definition) is 2. The molecule has 1 aromatic carbocycles. The van der Waals surface area contributed by atoms with Crippen molar-refractivity contribution < 1.29 is 18.7 Å². The molecule has 0 radical (unpaired) electrons. The fourth-order valence-corrected chi connectivity index (χ4v) is 2.68. The molecule has 1 unspecified atom stereocenters. The van der Waals surface area contributed by atoms with E-state index in [-0.39, 0.29) is 17.8 Å². The molecule has 1 fully saturated rings. The molecular formula is C18H21FN2O3. The van der Waals surface area contributed by atoms with Gasteiger partial charge in [0.1, 0.15) is 5.82 Å². The van der Waals surface area contributed by atoms with Gasteiger partial charge in [-0.2, -0.15) is 0 Å². The van der Waals surface area contributed by atoms with Crippen molar-refractivity contribution >= 4 is 5.91 Å². The number of hydrogen-bond acceptors (Lipinski definition) is 3. The van der Waals surface area contributed by atoms with Crippen LogP contribution >= 0.6 is 0 Å². The van der Waals surface area contributed by atoms with Gasteiger partial charge in [-0.15, -0.1) is 0 Å². The van der Waals surface area contributed by atoms with Crippen LogP contribution in [0, 0.1) is 5.82 Å². The van der Waals surface area contributed by atoms with Gasteiger partial charge in [0.05, 0.1) is 18.3 Å². The highest BCUT2D eigenvalue weighted by Gasteiger charge is 2.16. The molecule has 2 aromatic rings. The van der Waals surface area contributed by atoms with E-state index in [4.69, 9.17) is 9.47 Å². The van der Waals surface area contributed by atoms with Crippen LogP contribution in [0.3, 0.4) is 0 Å². The second kappa shape index (κ2) is 8.08. The number of nitrogens with one attached hydrogen (secondary N) is 2. The highest BCUT2D eigenvalue weighted by molar-refractivity contribution is 6.00. The number of benzene rings is 1. The molecule has 1 amide bonds. The Morgan fingerprint density at radius 1 is 1.33 bits per heavy atom. The fourth-order valence-electron chi connectivity index (χ4n) is 2.68. The van der Waals surface area contributed by atoms with Crippen LogP contribution in [0.4, 0.5) is 4.39 Å². The van der Waals surface area contributed by atoms with Crippen molar-refractivity contribution in [3.05, 3.63) is 48.0 Å². The largest absolute Gasteiger partial charge is 0.379 e. The molecule has 0 aliphatic carbocycles. The molecule has 0 bridgehead atoms. The summed E-state index contributed by atoms with van der Waals surface area (Å²) >= 11 is 0. The number of carbonyl (C=O) groups excluding carboxylic acids is 1. The van der Waals surface area contributed by atoms with Crippen LogP contribution in [0.2, 0.25) is 0 Å². The molecular weight excluding hydrogens is 311 g/mol. The first kappa shape index (κ1) is 16.7. The zero-order valence-electron chi connectivity index (χ0n) is 13.4. The molecule has 24 heavy (non-hydrogen) atoms. The van der Waals surface area contributed by atoms with Crippen LogP contribution in [-0.2, 0) is 9.47 Å². The number of aromatic amines is 1. The smallest absolute Gasteiger partial charge is 0.253 e. The summed E-state index contributed by atoms with van der Waals surface area (Å²) in [7, 11) is 0. The number of rotatable bonds is 7. The number of ether oxygens (including phenoxy) is 2. The van der Waals surface area contributed by atoms with Crippen LogP contribution in [0.15, 0.2) is 36.7 Å². The molecule has 1 saturated heterocycles. The zero-order valence-corrected chi connectivity index (χ0v) is 13.4. The predicted octanol–water partition coefficient (Wildman–Crippen LogP) is 2.75. The second-order valence-corrected chi connectivity index (χ2v) is 5.76. The van der Waals surface area contributed by atoms with E-state index in [1.165, 1.54) is 12.1 Å². The Kier molecular flexibility index (Phi) is 5.61. The normalized spacial score (nSPS) is 17.1. The van der Waals surface area contributed by atoms with Crippen molar-refractivity contribution in [3.63, 3.8) is 0 Å². The lowest BCUT2D eigenvalue weighted by Gasteiger charge is -2.10. The summed E-state index contributed by atoms with van der Waals surface area (Å²) < 4.78 is 23.9. The zero-order chi connectivity index (χ0) is 16.8. The van der Waals surface area contributed by atoms with Gasteiger partial charge in [-0.3, -0.25) is 4.79 Å². The third-order valence-corrected chi connectivity index (χ3v) is 3.99. The molecule has 1 aliphatic heterocycles. The predicted molar refractivity (Wildman–Crippen MR) is 88.3 cm³/mol. The van der Waals surface area contributed by atoms with E-state index in [1.54, 1.807) is 24.5 Å². The van der Waals surface area contributed by atoms with Gasteiger partial charge in [0.15, 0.2) is 0 Å². The molecule has 0 saturated carbocycles. The third-order valence-electron chi connectivity index (χ3n) is 3.99. The first-order valence-electron chi connectivity index (χ1n) is 8.14. The van der Waals surface area contributed by atoms with Gasteiger partial charge in [-0.05, 0) is 30.5 Å². The maximum absolute atomic E-state index is 13.0. The molecule has 128 valence electrons. The highest BCUT2D eigenvalue weighted by Crippen LogP contribution is 2.23. The standard InChI is InChI=1S/C18H21FN2O3/c19-14-4-2-13(3-5-14)16-10-20-11-17(16)18(22)21-7-1-8-24-15-6-9-23-12-15/h2-5,10-11,15,20H,1,6-9,12H2,(H,21,22). The van der Waals surface area contributed by atoms with Crippen LogP contribution < -0.4 is 5.32 Å². The molecule has 2 heterocycles. The van der Waals surface area contributed by atoms with Gasteiger partial charge in [-0.25, -0.2) is 4.39 Å². The number of amides is 1. The minimum Gasteiger partial charge on any atom is -0.379 e. The van der Waals surface area contributed by atoms with Crippen molar-refractivity contribution in [2.75, 3.05) is 26.4 Å². The summed E-state index contributed by atoms with van der Waals surface area (Å²) in [6.07, 6.45) is 5.27. The van der Waals surface area contributed by atoms with E-state index in [0.29, 0.717) is 25.3 Å². The maximum atomic E-state index is 13.0. The first-order chi connectivity index (χ1) is 11.7. The van der Waals surface area contributed by atoms with Crippen molar-refractivity contribution in [3.8, 4) is 11.1 Å². The summed E-state index contributed by atoms with van der Waals surface area (Å²) in [5.41, 5.74) is 2.10. The number of H-pyrrole nitrogens is 1. The number of carbonyl (C=O) groups is 1. The Morgan fingerprint density at radius 3 is 2.92 bits per heavy atom. The van der Waals surface area contributed by atoms with Gasteiger partial charge in [0.2, 0.25) is 0 Å². The molecule has 1 aromatic heterocycles. The van der Waals surface area contributed by atoms with Gasteiger partial charge in [0, 0.05) is 37.7 Å². The Hall–Kier alpha value is -2.18. The molecule has 3 rings (SSSR count). The lowest BCUT2D eigenvalue weighted by Crippen LogP contribution is -2.26. The van der Waals surface area contributed by atoms with Crippen LogP contribution in [0.1, 0.15) is 23.2 Å². The minimum absolute atomic E-state index is 0.153. The fraction of sp³-hybridized carbons (Fsp3) is 0.389. The Balaban J connectivity index is 1.48. The first-order valence-corrected chi connectivity index (χ1v) is 8.14. The van der Waals surface area contributed by atoms with Gasteiger partial charge < -0.3 is 19.8 Å². The van der Waals surface area contributed by atoms with E-state index >= 15 is 0 Å². The average Bonchev–Trinajstić information content (AvgIpc) is 3.26. The molecule has 5 nitrogen and oxygen atoms in total. The second-order valence-electron chi connectivity index (χ2n) is 5.76. The summed E-state index contributed by atoms with van der Waals surface area (Å²) in [6.45, 7) is 2.57. The van der Waals surface area contributed by atoms with Crippen molar-refractivity contribution in [1.29, 1.82) is 0 Å². The minimum atomic E-state index is -0.298. The Labute approximate surface area is 140 Å². The Morgan fingerprint density at radius 2 is 2.17 bits per heavy atom. The van der Waals surface area contributed by atoms with E-state index in [0.717, 1.165) is 30.6 Å². The van der Waals surface area contributed by atoms with Crippen LogP contribution in [-0.4, -0.2) is 43.4 Å².